The van der Waals surface area contributed by atoms with Crippen LogP contribution in [0.4, 0.5) is 4.39 Å². The molecule has 5 nitrogen and oxygen atoms in total. The predicted molar refractivity (Wildman–Crippen MR) is 102 cm³/mol. The fourth-order valence-corrected chi connectivity index (χ4v) is 3.49. The van der Waals surface area contributed by atoms with Gasteiger partial charge in [-0.15, -0.1) is 5.10 Å². The number of hydrogen-bond acceptors (Lipinski definition) is 3. The first-order chi connectivity index (χ1) is 13.1. The number of fused-ring (bicyclic) bond motifs is 2. The quantitative estimate of drug-likeness (QED) is 0.468. The molecule has 0 saturated carbocycles. The van der Waals surface area contributed by atoms with E-state index in [0.29, 0.717) is 5.95 Å². The van der Waals surface area contributed by atoms with E-state index in [0.717, 1.165) is 38.9 Å². The molecule has 132 valence electrons. The first-order valence-electron chi connectivity index (χ1n) is 8.68. The van der Waals surface area contributed by atoms with Crippen molar-refractivity contribution in [2.24, 2.45) is 0 Å². The number of aryl methyl sites for hydroxylation is 2. The molecule has 0 aliphatic heterocycles. The largest absolute Gasteiger partial charge is 0.271 e. The monoisotopic (exact) mass is 357 g/mol. The lowest BCUT2D eigenvalue weighted by molar-refractivity contribution is 0.628. The molecule has 3 heterocycles. The van der Waals surface area contributed by atoms with E-state index in [1.54, 1.807) is 21.3 Å². The zero-order chi connectivity index (χ0) is 18.5. The molecule has 0 fully saturated rings. The average molecular weight is 357 g/mol. The van der Waals surface area contributed by atoms with Crippen molar-refractivity contribution < 1.29 is 4.39 Å². The van der Waals surface area contributed by atoms with Crippen LogP contribution in [0.3, 0.4) is 0 Å². The van der Waals surface area contributed by atoms with E-state index in [-0.39, 0.29) is 5.82 Å². The van der Waals surface area contributed by atoms with Crippen LogP contribution in [0, 0.1) is 19.7 Å². The summed E-state index contributed by atoms with van der Waals surface area (Å²) in [5.41, 5.74) is 5.72. The number of pyridine rings is 1. The van der Waals surface area contributed by atoms with Crippen molar-refractivity contribution in [3.05, 3.63) is 77.9 Å². The van der Waals surface area contributed by atoms with Crippen LogP contribution in [0.1, 0.15) is 11.3 Å². The van der Waals surface area contributed by atoms with Crippen LogP contribution in [-0.2, 0) is 0 Å². The highest BCUT2D eigenvalue weighted by atomic mass is 19.1. The first-order valence-corrected chi connectivity index (χ1v) is 8.68. The Balaban J connectivity index is 1.70. The van der Waals surface area contributed by atoms with Crippen molar-refractivity contribution in [2.75, 3.05) is 0 Å². The Labute approximate surface area is 154 Å². The van der Waals surface area contributed by atoms with Gasteiger partial charge in [0.05, 0.1) is 11.7 Å². The number of rotatable bonds is 2. The van der Waals surface area contributed by atoms with E-state index in [9.17, 15) is 4.39 Å². The van der Waals surface area contributed by atoms with Crippen LogP contribution < -0.4 is 0 Å². The number of halogens is 1. The molecule has 0 aliphatic rings. The van der Waals surface area contributed by atoms with Gasteiger partial charge in [0.1, 0.15) is 5.82 Å². The molecule has 27 heavy (non-hydrogen) atoms. The molecule has 0 N–H and O–H groups in total. The summed E-state index contributed by atoms with van der Waals surface area (Å²) in [4.78, 5) is 4.65. The summed E-state index contributed by atoms with van der Waals surface area (Å²) in [6, 6.07) is 16.5. The fourth-order valence-electron chi connectivity index (χ4n) is 3.49. The van der Waals surface area contributed by atoms with Gasteiger partial charge in [-0.1, -0.05) is 30.3 Å². The lowest BCUT2D eigenvalue weighted by atomic mass is 10.0. The summed E-state index contributed by atoms with van der Waals surface area (Å²) in [6.45, 7) is 4.03. The summed E-state index contributed by atoms with van der Waals surface area (Å²) in [7, 11) is 0. The molecule has 0 radical (unpaired) electrons. The second-order valence-corrected chi connectivity index (χ2v) is 6.59. The number of nitrogens with zero attached hydrogens (tertiary/aromatic N) is 5. The van der Waals surface area contributed by atoms with Gasteiger partial charge in [0.2, 0.25) is 0 Å². The highest BCUT2D eigenvalue weighted by molar-refractivity contribution is 5.83. The molecule has 0 spiro atoms. The molecule has 3 aromatic heterocycles. The second kappa shape index (κ2) is 5.74. The molecule has 5 aromatic rings. The summed E-state index contributed by atoms with van der Waals surface area (Å²) >= 11 is 0. The molecule has 5 rings (SSSR count). The number of para-hydroxylation sites is 1. The molecule has 0 aliphatic carbocycles. The van der Waals surface area contributed by atoms with Crippen molar-refractivity contribution in [1.82, 2.24) is 24.4 Å². The Hall–Kier alpha value is -3.54. The van der Waals surface area contributed by atoms with Crippen LogP contribution in [0.5, 0.6) is 0 Å². The van der Waals surface area contributed by atoms with Crippen molar-refractivity contribution in [3.8, 4) is 17.1 Å². The summed E-state index contributed by atoms with van der Waals surface area (Å²) in [5.74, 6) is 0.278. The van der Waals surface area contributed by atoms with Crippen LogP contribution in [0.25, 0.3) is 33.6 Å². The van der Waals surface area contributed by atoms with Crippen LogP contribution in [-0.4, -0.2) is 24.4 Å². The zero-order valence-corrected chi connectivity index (χ0v) is 14.9. The van der Waals surface area contributed by atoms with Gasteiger partial charge in [-0.05, 0) is 49.2 Å². The number of benzene rings is 2. The summed E-state index contributed by atoms with van der Waals surface area (Å²) in [6.07, 6.45) is 1.82. The van der Waals surface area contributed by atoms with Crippen molar-refractivity contribution >= 4 is 16.6 Å². The SMILES string of the molecule is Cc1cccc2cnn(-c3nc4ccc(-c5ccc(F)cc5)c(C)n4n3)c12. The third-order valence-corrected chi connectivity index (χ3v) is 4.87. The molecule has 0 amide bonds. The maximum absolute atomic E-state index is 13.2. The van der Waals surface area contributed by atoms with Gasteiger partial charge in [0.15, 0.2) is 5.65 Å². The first kappa shape index (κ1) is 15.7. The van der Waals surface area contributed by atoms with E-state index >= 15 is 0 Å². The van der Waals surface area contributed by atoms with Gasteiger partial charge < -0.3 is 0 Å². The Morgan fingerprint density at radius 1 is 0.926 bits per heavy atom. The minimum absolute atomic E-state index is 0.249. The third kappa shape index (κ3) is 2.41. The Morgan fingerprint density at radius 3 is 2.56 bits per heavy atom. The minimum Gasteiger partial charge on any atom is -0.215 e. The molecule has 6 heteroatoms. The lowest BCUT2D eigenvalue weighted by Gasteiger charge is -2.07. The van der Waals surface area contributed by atoms with E-state index < -0.39 is 0 Å². The van der Waals surface area contributed by atoms with Gasteiger partial charge >= 0.3 is 0 Å². The third-order valence-electron chi connectivity index (χ3n) is 4.87. The standard InChI is InChI=1S/C21H16FN5/c1-13-4-3-5-16-12-23-27(20(13)16)21-24-19-11-10-18(14(2)26(19)25-21)15-6-8-17(22)9-7-15/h3-12H,1-2H3. The highest BCUT2D eigenvalue weighted by Gasteiger charge is 2.14. The molecule has 0 atom stereocenters. The van der Waals surface area contributed by atoms with Crippen molar-refractivity contribution in [1.29, 1.82) is 0 Å². The highest BCUT2D eigenvalue weighted by Crippen LogP contribution is 2.25. The van der Waals surface area contributed by atoms with Crippen LogP contribution in [0.15, 0.2) is 60.8 Å². The molecule has 0 saturated heterocycles. The van der Waals surface area contributed by atoms with Crippen LogP contribution in [0.2, 0.25) is 0 Å². The lowest BCUT2D eigenvalue weighted by Crippen LogP contribution is -2.01. The normalized spacial score (nSPS) is 11.5. The minimum atomic E-state index is -0.249. The maximum Gasteiger partial charge on any atom is 0.271 e. The second-order valence-electron chi connectivity index (χ2n) is 6.59. The number of aromatic nitrogens is 5. The van der Waals surface area contributed by atoms with Gasteiger partial charge in [-0.3, -0.25) is 0 Å². The Kier molecular flexibility index (Phi) is 3.33. The smallest absolute Gasteiger partial charge is 0.215 e. The molecular formula is C21H16FN5. The summed E-state index contributed by atoms with van der Waals surface area (Å²) < 4.78 is 16.8. The molecule has 0 bridgehead atoms. The zero-order valence-electron chi connectivity index (χ0n) is 14.9. The molecule has 2 aromatic carbocycles. The van der Waals surface area contributed by atoms with E-state index in [1.807, 2.05) is 50.4 Å². The van der Waals surface area contributed by atoms with Gasteiger partial charge in [0, 0.05) is 16.6 Å². The average Bonchev–Trinajstić information content (AvgIpc) is 3.28. The molecule has 0 unspecified atom stereocenters. The summed E-state index contributed by atoms with van der Waals surface area (Å²) in [5, 5.41) is 10.2. The number of hydrogen-bond donors (Lipinski definition) is 0. The van der Waals surface area contributed by atoms with Crippen molar-refractivity contribution in [2.45, 2.75) is 13.8 Å². The van der Waals surface area contributed by atoms with Gasteiger partial charge in [0.25, 0.3) is 5.95 Å². The van der Waals surface area contributed by atoms with Gasteiger partial charge in [-0.25, -0.2) is 8.91 Å². The Bertz CT molecular complexity index is 1300. The maximum atomic E-state index is 13.2. The van der Waals surface area contributed by atoms with Crippen molar-refractivity contribution in [3.63, 3.8) is 0 Å². The van der Waals surface area contributed by atoms with E-state index in [1.165, 1.54) is 12.1 Å². The Morgan fingerprint density at radius 2 is 1.74 bits per heavy atom. The molecular weight excluding hydrogens is 341 g/mol. The topological polar surface area (TPSA) is 48.0 Å². The van der Waals surface area contributed by atoms with E-state index in [4.69, 9.17) is 0 Å². The fraction of sp³-hybridized carbons (Fsp3) is 0.0952. The van der Waals surface area contributed by atoms with Crippen LogP contribution >= 0.6 is 0 Å². The predicted octanol–water partition coefficient (Wildman–Crippen LogP) is 4.49. The van der Waals surface area contributed by atoms with Gasteiger partial charge in [-0.2, -0.15) is 14.8 Å². The van der Waals surface area contributed by atoms with E-state index in [2.05, 4.69) is 15.2 Å².